The van der Waals surface area contributed by atoms with Gasteiger partial charge in [-0.1, -0.05) is 42.5 Å². The molecule has 0 aliphatic heterocycles. The van der Waals surface area contributed by atoms with Gasteiger partial charge in [-0.15, -0.1) is 0 Å². The lowest BCUT2D eigenvalue weighted by molar-refractivity contribution is 0.0730. The second kappa shape index (κ2) is 10.4. The Morgan fingerprint density at radius 3 is 2.20 bits per heavy atom. The molecule has 0 aliphatic rings. The normalized spacial score (nSPS) is 10.8. The molecule has 3 aromatic carbocycles. The van der Waals surface area contributed by atoms with Crippen LogP contribution in [0, 0.1) is 5.82 Å². The number of methoxy groups -OCH3 is 1. The Hall–Kier alpha value is -4.13. The Labute approximate surface area is 205 Å². The lowest BCUT2D eigenvalue weighted by atomic mass is 10.1. The highest BCUT2D eigenvalue weighted by atomic mass is 19.1. The van der Waals surface area contributed by atoms with E-state index in [4.69, 9.17) is 9.84 Å². The molecular formula is C28H29FN4O2. The van der Waals surface area contributed by atoms with E-state index in [2.05, 4.69) is 0 Å². The van der Waals surface area contributed by atoms with E-state index in [0.29, 0.717) is 24.4 Å². The number of rotatable bonds is 8. The molecule has 0 N–H and O–H groups in total. The molecular weight excluding hydrogens is 443 g/mol. The van der Waals surface area contributed by atoms with E-state index in [1.165, 1.54) is 12.1 Å². The molecule has 0 aliphatic carbocycles. The molecule has 6 nitrogen and oxygen atoms in total. The minimum absolute atomic E-state index is 0.135. The predicted molar refractivity (Wildman–Crippen MR) is 136 cm³/mol. The summed E-state index contributed by atoms with van der Waals surface area (Å²) in [6, 6.07) is 23.2. The van der Waals surface area contributed by atoms with Crippen LogP contribution in [-0.2, 0) is 20.1 Å². The van der Waals surface area contributed by atoms with Crippen LogP contribution < -0.4 is 9.64 Å². The minimum Gasteiger partial charge on any atom is -0.497 e. The number of benzene rings is 3. The molecule has 0 saturated heterocycles. The number of nitrogens with zero attached hydrogens (tertiary/aromatic N) is 4. The summed E-state index contributed by atoms with van der Waals surface area (Å²) in [6.45, 7) is 0.648. The van der Waals surface area contributed by atoms with Crippen LogP contribution in [0.25, 0.3) is 11.3 Å². The summed E-state index contributed by atoms with van der Waals surface area (Å²) in [7, 11) is 7.42. The second-order valence-electron chi connectivity index (χ2n) is 8.55. The van der Waals surface area contributed by atoms with E-state index in [1.54, 1.807) is 48.4 Å². The maximum atomic E-state index is 13.7. The number of carbonyl (C=O) groups excluding carboxylic acids is 1. The summed E-state index contributed by atoms with van der Waals surface area (Å²) in [4.78, 5) is 17.5. The zero-order valence-electron chi connectivity index (χ0n) is 20.4. The number of hydrogen-bond donors (Lipinski definition) is 0. The number of aryl methyl sites for hydroxylation is 1. The molecule has 0 radical (unpaired) electrons. The molecule has 1 amide bonds. The number of ether oxygens (including phenoxy) is 1. The molecule has 0 saturated carbocycles. The van der Waals surface area contributed by atoms with Crippen LogP contribution >= 0.6 is 0 Å². The third-order valence-corrected chi connectivity index (χ3v) is 5.84. The predicted octanol–water partition coefficient (Wildman–Crippen LogP) is 5.14. The van der Waals surface area contributed by atoms with Crippen molar-refractivity contribution >= 4 is 11.7 Å². The first-order valence-electron chi connectivity index (χ1n) is 11.3. The molecule has 0 spiro atoms. The fraction of sp³-hybridized carbons (Fsp3) is 0.214. The summed E-state index contributed by atoms with van der Waals surface area (Å²) in [5.41, 5.74) is 4.12. The summed E-state index contributed by atoms with van der Waals surface area (Å²) in [5.74, 6) is 1.15. The summed E-state index contributed by atoms with van der Waals surface area (Å²) >= 11 is 0. The van der Waals surface area contributed by atoms with Gasteiger partial charge in [0.1, 0.15) is 17.4 Å². The zero-order valence-corrected chi connectivity index (χ0v) is 20.4. The first-order chi connectivity index (χ1) is 16.9. The highest BCUT2D eigenvalue weighted by molar-refractivity contribution is 5.94. The Balaban J connectivity index is 1.77. The van der Waals surface area contributed by atoms with Gasteiger partial charge in [0.25, 0.3) is 5.91 Å². The molecule has 35 heavy (non-hydrogen) atoms. The van der Waals surface area contributed by atoms with E-state index in [-0.39, 0.29) is 11.7 Å². The van der Waals surface area contributed by atoms with Crippen LogP contribution in [0.1, 0.15) is 21.5 Å². The lowest BCUT2D eigenvalue weighted by Crippen LogP contribution is -2.31. The standard InChI is InChI=1S/C28H29FN4O2/c1-31(2)27-25(26(30-32(27)3)21-8-6-5-7-9-21)19-33(18-20-10-14-23(29)15-11-20)28(34)22-12-16-24(35-4)17-13-22/h5-17H,18-19H2,1-4H3. The van der Waals surface area contributed by atoms with E-state index in [9.17, 15) is 9.18 Å². The van der Waals surface area contributed by atoms with Gasteiger partial charge in [0, 0.05) is 44.4 Å². The number of carbonyl (C=O) groups is 1. The van der Waals surface area contributed by atoms with Crippen LogP contribution in [0.15, 0.2) is 78.9 Å². The van der Waals surface area contributed by atoms with Crippen LogP contribution in [0.2, 0.25) is 0 Å². The van der Waals surface area contributed by atoms with Crippen molar-refractivity contribution in [1.29, 1.82) is 0 Å². The van der Waals surface area contributed by atoms with E-state index < -0.39 is 0 Å². The molecule has 180 valence electrons. The summed E-state index contributed by atoms with van der Waals surface area (Å²) in [5, 5.41) is 4.80. The van der Waals surface area contributed by atoms with Crippen LogP contribution in [0.3, 0.4) is 0 Å². The van der Waals surface area contributed by atoms with Crippen LogP contribution in [0.4, 0.5) is 10.2 Å². The van der Waals surface area contributed by atoms with Crippen molar-refractivity contribution in [3.05, 3.63) is 101 Å². The molecule has 4 aromatic rings. The van der Waals surface area contributed by atoms with Gasteiger partial charge in [0.15, 0.2) is 0 Å². The zero-order chi connectivity index (χ0) is 24.9. The Bertz CT molecular complexity index is 1280. The average Bonchev–Trinajstić information content (AvgIpc) is 3.21. The van der Waals surface area contributed by atoms with Crippen molar-refractivity contribution in [1.82, 2.24) is 14.7 Å². The van der Waals surface area contributed by atoms with Crippen LogP contribution in [-0.4, -0.2) is 41.8 Å². The SMILES string of the molecule is COc1ccc(C(=O)N(Cc2ccc(F)cc2)Cc2c(-c3ccccc3)nn(C)c2N(C)C)cc1. The first-order valence-corrected chi connectivity index (χ1v) is 11.3. The van der Waals surface area contributed by atoms with Gasteiger partial charge < -0.3 is 14.5 Å². The Morgan fingerprint density at radius 1 is 0.943 bits per heavy atom. The molecule has 0 atom stereocenters. The van der Waals surface area contributed by atoms with Gasteiger partial charge in [0.05, 0.1) is 19.3 Å². The third-order valence-electron chi connectivity index (χ3n) is 5.84. The van der Waals surface area contributed by atoms with Crippen molar-refractivity contribution in [3.8, 4) is 17.0 Å². The number of anilines is 1. The maximum Gasteiger partial charge on any atom is 0.254 e. The second-order valence-corrected chi connectivity index (χ2v) is 8.55. The molecule has 7 heteroatoms. The number of amides is 1. The fourth-order valence-corrected chi connectivity index (χ4v) is 4.21. The van der Waals surface area contributed by atoms with Crippen molar-refractivity contribution in [3.63, 3.8) is 0 Å². The van der Waals surface area contributed by atoms with Crippen molar-refractivity contribution in [2.45, 2.75) is 13.1 Å². The molecule has 4 rings (SSSR count). The third kappa shape index (κ3) is 5.35. The summed E-state index contributed by atoms with van der Waals surface area (Å²) < 4.78 is 20.6. The summed E-state index contributed by atoms with van der Waals surface area (Å²) in [6.07, 6.45) is 0. The van der Waals surface area contributed by atoms with E-state index in [1.807, 2.05) is 61.1 Å². The highest BCUT2D eigenvalue weighted by Gasteiger charge is 2.25. The average molecular weight is 473 g/mol. The van der Waals surface area contributed by atoms with Crippen molar-refractivity contribution in [2.24, 2.45) is 7.05 Å². The monoisotopic (exact) mass is 472 g/mol. The fourth-order valence-electron chi connectivity index (χ4n) is 4.21. The molecule has 0 fully saturated rings. The molecule has 0 unspecified atom stereocenters. The van der Waals surface area contributed by atoms with Crippen LogP contribution in [0.5, 0.6) is 5.75 Å². The topological polar surface area (TPSA) is 50.6 Å². The van der Waals surface area contributed by atoms with Gasteiger partial charge >= 0.3 is 0 Å². The largest absolute Gasteiger partial charge is 0.497 e. The number of halogens is 1. The highest BCUT2D eigenvalue weighted by Crippen LogP contribution is 2.32. The first kappa shape index (κ1) is 24.0. The van der Waals surface area contributed by atoms with Gasteiger partial charge in [-0.3, -0.25) is 9.48 Å². The van der Waals surface area contributed by atoms with Crippen molar-refractivity contribution < 1.29 is 13.9 Å². The Morgan fingerprint density at radius 2 is 1.60 bits per heavy atom. The molecule has 1 heterocycles. The van der Waals surface area contributed by atoms with Gasteiger partial charge in [0.2, 0.25) is 0 Å². The lowest BCUT2D eigenvalue weighted by Gasteiger charge is -2.25. The number of aromatic nitrogens is 2. The maximum absolute atomic E-state index is 13.7. The van der Waals surface area contributed by atoms with Gasteiger partial charge in [-0.2, -0.15) is 5.10 Å². The van der Waals surface area contributed by atoms with Gasteiger partial charge in [-0.05, 0) is 42.0 Å². The smallest absolute Gasteiger partial charge is 0.254 e. The quantitative estimate of drug-likeness (QED) is 0.356. The number of hydrogen-bond acceptors (Lipinski definition) is 4. The molecule has 0 bridgehead atoms. The van der Waals surface area contributed by atoms with E-state index >= 15 is 0 Å². The minimum atomic E-state index is -0.310. The van der Waals surface area contributed by atoms with Gasteiger partial charge in [-0.25, -0.2) is 4.39 Å². The molecule has 1 aromatic heterocycles. The Kier molecular flexibility index (Phi) is 7.15. The van der Waals surface area contributed by atoms with E-state index in [0.717, 1.165) is 28.2 Å². The van der Waals surface area contributed by atoms with Crippen molar-refractivity contribution in [2.75, 3.05) is 26.1 Å².